The molecular formula is C16H26N4O4S. The Morgan fingerprint density at radius 3 is 2.80 bits per heavy atom. The number of sulfonamides is 1. The minimum Gasteiger partial charge on any atom is -0.378 e. The maximum absolute atomic E-state index is 12.8. The van der Waals surface area contributed by atoms with Crippen LogP contribution >= 0.6 is 0 Å². The number of ether oxygens (including phenoxy) is 1. The van der Waals surface area contributed by atoms with Gasteiger partial charge in [0.15, 0.2) is 0 Å². The second kappa shape index (κ2) is 7.43. The third kappa shape index (κ3) is 4.39. The first-order valence-electron chi connectivity index (χ1n) is 8.79. The van der Waals surface area contributed by atoms with Crippen molar-refractivity contribution in [3.63, 3.8) is 0 Å². The van der Waals surface area contributed by atoms with Gasteiger partial charge in [0.1, 0.15) is 11.9 Å². The molecule has 1 N–H and O–H groups in total. The highest BCUT2D eigenvalue weighted by atomic mass is 32.2. The van der Waals surface area contributed by atoms with Crippen LogP contribution in [0.4, 0.5) is 5.82 Å². The zero-order valence-electron chi connectivity index (χ0n) is 14.8. The smallest absolute Gasteiger partial charge is 0.246 e. The van der Waals surface area contributed by atoms with Crippen molar-refractivity contribution in [3.05, 3.63) is 11.8 Å². The highest BCUT2D eigenvalue weighted by Gasteiger charge is 2.34. The van der Waals surface area contributed by atoms with Gasteiger partial charge in [-0.3, -0.25) is 14.4 Å². The molecule has 1 aromatic heterocycles. The maximum Gasteiger partial charge on any atom is 0.246 e. The van der Waals surface area contributed by atoms with Crippen LogP contribution in [-0.4, -0.2) is 55.2 Å². The molecule has 2 fully saturated rings. The average Bonchev–Trinajstić information content (AvgIpc) is 3.17. The van der Waals surface area contributed by atoms with E-state index in [9.17, 15) is 13.2 Å². The minimum absolute atomic E-state index is 0.00767. The van der Waals surface area contributed by atoms with E-state index >= 15 is 0 Å². The van der Waals surface area contributed by atoms with Crippen LogP contribution in [0.5, 0.6) is 0 Å². The molecule has 2 aliphatic rings. The summed E-state index contributed by atoms with van der Waals surface area (Å²) in [6, 6.07) is 1.13. The number of anilines is 1. The summed E-state index contributed by atoms with van der Waals surface area (Å²) in [6.45, 7) is 3.15. The summed E-state index contributed by atoms with van der Waals surface area (Å²) < 4.78 is 34.4. The van der Waals surface area contributed by atoms with Gasteiger partial charge >= 0.3 is 0 Å². The predicted molar refractivity (Wildman–Crippen MR) is 93.8 cm³/mol. The molecule has 1 aromatic rings. The Morgan fingerprint density at radius 2 is 2.16 bits per heavy atom. The molecule has 3 rings (SSSR count). The quantitative estimate of drug-likeness (QED) is 0.796. The lowest BCUT2D eigenvalue weighted by Crippen LogP contribution is -2.53. The van der Waals surface area contributed by atoms with E-state index in [2.05, 4.69) is 9.82 Å². The summed E-state index contributed by atoms with van der Waals surface area (Å²) in [7, 11) is -1.73. The standard InChI is InChI=1S/C16H26N4O4S/c1-12-11-15(19(2)17-12)20-8-3-6-14(16(20)21)18-25(22,23)10-7-13-5-4-9-24-13/h11,13-14,18H,3-10H2,1-2H3/t13-,14+/m1/s1. The second-order valence-electron chi connectivity index (χ2n) is 6.81. The van der Waals surface area contributed by atoms with Crippen LogP contribution in [0.3, 0.4) is 0 Å². The number of hydrogen-bond donors (Lipinski definition) is 1. The van der Waals surface area contributed by atoms with Crippen molar-refractivity contribution in [1.29, 1.82) is 0 Å². The first-order valence-corrected chi connectivity index (χ1v) is 10.4. The molecule has 0 aromatic carbocycles. The summed E-state index contributed by atoms with van der Waals surface area (Å²) in [5.41, 5.74) is 0.824. The van der Waals surface area contributed by atoms with Crippen LogP contribution in [-0.2, 0) is 26.6 Å². The highest BCUT2D eigenvalue weighted by molar-refractivity contribution is 7.89. The Kier molecular flexibility index (Phi) is 5.45. The van der Waals surface area contributed by atoms with Crippen LogP contribution in [0.1, 0.15) is 37.8 Å². The first-order chi connectivity index (χ1) is 11.9. The van der Waals surface area contributed by atoms with Crippen molar-refractivity contribution in [2.75, 3.05) is 23.8 Å². The summed E-state index contributed by atoms with van der Waals surface area (Å²) in [5, 5.41) is 4.26. The lowest BCUT2D eigenvalue weighted by Gasteiger charge is -2.32. The van der Waals surface area contributed by atoms with Gasteiger partial charge < -0.3 is 4.74 Å². The Labute approximate surface area is 148 Å². The topological polar surface area (TPSA) is 93.5 Å². The number of nitrogens with one attached hydrogen (secondary N) is 1. The number of amides is 1. The SMILES string of the molecule is Cc1cc(N2CCC[C@H](NS(=O)(=O)CC[C@H]3CCCO3)C2=O)n(C)n1. The summed E-state index contributed by atoms with van der Waals surface area (Å²) in [4.78, 5) is 14.4. The highest BCUT2D eigenvalue weighted by Crippen LogP contribution is 2.22. The molecule has 0 unspecified atom stereocenters. The number of aryl methyl sites for hydroxylation is 2. The molecule has 3 heterocycles. The number of nitrogens with zero attached hydrogens (tertiary/aromatic N) is 3. The molecule has 0 spiro atoms. The molecule has 9 heteroatoms. The van der Waals surface area contributed by atoms with Gasteiger partial charge in [0, 0.05) is 26.3 Å². The molecule has 0 aliphatic carbocycles. The molecule has 0 bridgehead atoms. The summed E-state index contributed by atoms with van der Waals surface area (Å²) >= 11 is 0. The molecule has 2 atom stereocenters. The second-order valence-corrected chi connectivity index (χ2v) is 8.69. The van der Waals surface area contributed by atoms with E-state index in [0.717, 1.165) is 25.0 Å². The predicted octanol–water partition coefficient (Wildman–Crippen LogP) is 0.712. The molecule has 1 amide bonds. The molecule has 0 saturated carbocycles. The molecule has 2 saturated heterocycles. The number of carbonyl (C=O) groups is 1. The van der Waals surface area contributed by atoms with Crippen molar-refractivity contribution in [2.45, 2.75) is 51.2 Å². The molecule has 2 aliphatic heterocycles. The van der Waals surface area contributed by atoms with Gasteiger partial charge in [-0.15, -0.1) is 0 Å². The van der Waals surface area contributed by atoms with Gasteiger partial charge in [0.05, 0.1) is 17.6 Å². The normalized spacial score (nSPS) is 24.9. The van der Waals surface area contributed by atoms with Crippen molar-refractivity contribution >= 4 is 21.7 Å². The van der Waals surface area contributed by atoms with Crippen molar-refractivity contribution in [2.24, 2.45) is 7.05 Å². The van der Waals surface area contributed by atoms with E-state index in [1.165, 1.54) is 0 Å². The fourth-order valence-corrected chi connectivity index (χ4v) is 4.84. The Balaban J connectivity index is 1.63. The van der Waals surface area contributed by atoms with Gasteiger partial charge in [0.2, 0.25) is 15.9 Å². The maximum atomic E-state index is 12.8. The molecule has 8 nitrogen and oxygen atoms in total. The van der Waals surface area contributed by atoms with Gasteiger partial charge in [0.25, 0.3) is 0 Å². The van der Waals surface area contributed by atoms with Crippen molar-refractivity contribution < 1.29 is 17.9 Å². The molecular weight excluding hydrogens is 344 g/mol. The number of aromatic nitrogens is 2. The van der Waals surface area contributed by atoms with Crippen LogP contribution < -0.4 is 9.62 Å². The zero-order chi connectivity index (χ0) is 18.0. The lowest BCUT2D eigenvalue weighted by molar-refractivity contribution is -0.121. The Morgan fingerprint density at radius 1 is 1.36 bits per heavy atom. The Hall–Kier alpha value is -1.45. The number of piperidine rings is 1. The van der Waals surface area contributed by atoms with Crippen LogP contribution in [0.15, 0.2) is 6.07 Å². The van der Waals surface area contributed by atoms with Crippen molar-refractivity contribution in [1.82, 2.24) is 14.5 Å². The molecule has 25 heavy (non-hydrogen) atoms. The van der Waals surface area contributed by atoms with Crippen LogP contribution in [0, 0.1) is 6.92 Å². The van der Waals surface area contributed by atoms with E-state index in [1.807, 2.05) is 13.0 Å². The molecule has 0 radical (unpaired) electrons. The fraction of sp³-hybridized carbons (Fsp3) is 0.750. The third-order valence-corrected chi connectivity index (χ3v) is 6.16. The molecule has 140 valence electrons. The van der Waals surface area contributed by atoms with E-state index in [1.54, 1.807) is 16.6 Å². The third-order valence-electron chi connectivity index (χ3n) is 4.75. The number of carbonyl (C=O) groups excluding carboxylic acids is 1. The van der Waals surface area contributed by atoms with Crippen LogP contribution in [0.25, 0.3) is 0 Å². The van der Waals surface area contributed by atoms with Gasteiger partial charge in [-0.1, -0.05) is 0 Å². The summed E-state index contributed by atoms with van der Waals surface area (Å²) in [5.74, 6) is 0.479. The van der Waals surface area contributed by atoms with E-state index in [0.29, 0.717) is 31.8 Å². The first kappa shape index (κ1) is 18.3. The van der Waals surface area contributed by atoms with E-state index < -0.39 is 16.1 Å². The largest absolute Gasteiger partial charge is 0.378 e. The monoisotopic (exact) mass is 370 g/mol. The minimum atomic E-state index is -3.51. The lowest BCUT2D eigenvalue weighted by atomic mass is 10.1. The van der Waals surface area contributed by atoms with E-state index in [-0.39, 0.29) is 17.8 Å². The van der Waals surface area contributed by atoms with Crippen molar-refractivity contribution in [3.8, 4) is 0 Å². The van der Waals surface area contributed by atoms with Gasteiger partial charge in [-0.25, -0.2) is 13.1 Å². The van der Waals surface area contributed by atoms with Gasteiger partial charge in [-0.2, -0.15) is 5.10 Å². The van der Waals surface area contributed by atoms with E-state index in [4.69, 9.17) is 4.74 Å². The fourth-order valence-electron chi connectivity index (χ4n) is 3.50. The number of hydrogen-bond acceptors (Lipinski definition) is 5. The Bertz CT molecular complexity index is 724. The van der Waals surface area contributed by atoms with Gasteiger partial charge in [-0.05, 0) is 39.0 Å². The van der Waals surface area contributed by atoms with Crippen LogP contribution in [0.2, 0.25) is 0 Å². The summed E-state index contributed by atoms with van der Waals surface area (Å²) in [6.07, 6.45) is 3.65. The average molecular weight is 370 g/mol. The zero-order valence-corrected chi connectivity index (χ0v) is 15.6. The number of rotatable bonds is 6.